The molecule has 0 radical (unpaired) electrons. The molecule has 5 rings (SSSR count). The van der Waals surface area contributed by atoms with E-state index in [-0.39, 0.29) is 12.2 Å². The Balaban J connectivity index is 1.47. The van der Waals surface area contributed by atoms with Crippen LogP contribution in [0.25, 0.3) is 22.2 Å². The number of nitrogens with two attached hydrogens (primary N) is 1. The first-order chi connectivity index (χ1) is 15.3. The van der Waals surface area contributed by atoms with Gasteiger partial charge in [-0.3, -0.25) is 0 Å². The van der Waals surface area contributed by atoms with Gasteiger partial charge in [-0.25, -0.2) is 22.8 Å². The van der Waals surface area contributed by atoms with Crippen LogP contribution in [0.5, 0.6) is 0 Å². The lowest BCUT2D eigenvalue weighted by Gasteiger charge is -2.42. The zero-order chi connectivity index (χ0) is 22.5. The molecule has 0 unspecified atom stereocenters. The Bertz CT molecular complexity index is 1260. The van der Waals surface area contributed by atoms with Gasteiger partial charge in [0, 0.05) is 30.6 Å². The molecular weight excluding hydrogens is 429 g/mol. The van der Waals surface area contributed by atoms with E-state index in [9.17, 15) is 12.8 Å². The number of hydrogen-bond acceptors (Lipinski definition) is 6. The van der Waals surface area contributed by atoms with E-state index >= 15 is 0 Å². The molecule has 32 heavy (non-hydrogen) atoms. The van der Waals surface area contributed by atoms with Crippen molar-refractivity contribution in [2.24, 2.45) is 5.92 Å². The summed E-state index contributed by atoms with van der Waals surface area (Å²) in [5.41, 5.74) is 9.08. The number of sulfone groups is 1. The Labute approximate surface area is 187 Å². The van der Waals surface area contributed by atoms with E-state index in [0.29, 0.717) is 28.9 Å². The van der Waals surface area contributed by atoms with Gasteiger partial charge in [-0.1, -0.05) is 6.07 Å². The molecule has 1 aliphatic carbocycles. The van der Waals surface area contributed by atoms with Crippen LogP contribution >= 0.6 is 0 Å². The minimum atomic E-state index is -3.14. The summed E-state index contributed by atoms with van der Waals surface area (Å²) in [6.45, 7) is 3.58. The summed E-state index contributed by atoms with van der Waals surface area (Å²) in [6, 6.07) is 5.03. The van der Waals surface area contributed by atoms with Gasteiger partial charge in [0.15, 0.2) is 0 Å². The van der Waals surface area contributed by atoms with E-state index in [1.165, 1.54) is 44.2 Å². The molecule has 2 fully saturated rings. The largest absolute Gasteiger partial charge is 0.383 e. The number of rotatable bonds is 7. The van der Waals surface area contributed by atoms with Gasteiger partial charge < -0.3 is 15.2 Å². The van der Waals surface area contributed by atoms with Gasteiger partial charge >= 0.3 is 0 Å². The molecule has 170 valence electrons. The smallest absolute Gasteiger partial charge is 0.147 e. The summed E-state index contributed by atoms with van der Waals surface area (Å²) in [6.07, 6.45) is 8.41. The highest BCUT2D eigenvalue weighted by Gasteiger charge is 2.34. The molecule has 1 aromatic carbocycles. The van der Waals surface area contributed by atoms with Gasteiger partial charge in [0.25, 0.3) is 0 Å². The number of aryl methyl sites for hydroxylation is 1. The molecule has 2 aromatic heterocycles. The molecule has 1 saturated heterocycles. The monoisotopic (exact) mass is 457 g/mol. The Kier molecular flexibility index (Phi) is 5.41. The second kappa shape index (κ2) is 8.12. The standard InChI is InChI=1S/C23H28FN5O2S/c1-32(30,31)6-3-15-7-17(11-18(24)8-15)20-13-29(23-21(20)22(25)26-14-27-23)19-9-16(10-19)12-28-4-2-5-28/h7-8,11,13-14,16,19H,2-6,9-10,12H2,1H3,(H2,25,26,27). The van der Waals surface area contributed by atoms with Crippen molar-refractivity contribution in [3.8, 4) is 11.1 Å². The molecule has 0 spiro atoms. The average Bonchev–Trinajstić information content (AvgIpc) is 3.04. The number of likely N-dealkylation sites (tertiary alicyclic amines) is 1. The van der Waals surface area contributed by atoms with Gasteiger partial charge in [-0.15, -0.1) is 0 Å². The summed E-state index contributed by atoms with van der Waals surface area (Å²) < 4.78 is 39.8. The number of aromatic nitrogens is 3. The minimum absolute atomic E-state index is 0.0244. The Morgan fingerprint density at radius 1 is 1.19 bits per heavy atom. The van der Waals surface area contributed by atoms with Crippen LogP contribution in [0.1, 0.15) is 30.9 Å². The summed E-state index contributed by atoms with van der Waals surface area (Å²) in [7, 11) is -3.14. The molecule has 7 nitrogen and oxygen atoms in total. The Morgan fingerprint density at radius 2 is 1.97 bits per heavy atom. The number of anilines is 1. The van der Waals surface area contributed by atoms with Crippen LogP contribution in [0.3, 0.4) is 0 Å². The van der Waals surface area contributed by atoms with Crippen molar-refractivity contribution >= 4 is 26.7 Å². The molecular formula is C23H28FN5O2S. The van der Waals surface area contributed by atoms with Gasteiger partial charge in [0.1, 0.15) is 33.4 Å². The number of fused-ring (bicyclic) bond motifs is 1. The van der Waals surface area contributed by atoms with Crippen molar-refractivity contribution in [3.63, 3.8) is 0 Å². The van der Waals surface area contributed by atoms with E-state index in [0.717, 1.165) is 36.0 Å². The van der Waals surface area contributed by atoms with Crippen LogP contribution in [0.2, 0.25) is 0 Å². The van der Waals surface area contributed by atoms with E-state index in [4.69, 9.17) is 5.73 Å². The molecule has 3 heterocycles. The lowest BCUT2D eigenvalue weighted by atomic mass is 9.79. The lowest BCUT2D eigenvalue weighted by molar-refractivity contribution is 0.0921. The van der Waals surface area contributed by atoms with E-state index in [2.05, 4.69) is 19.4 Å². The zero-order valence-electron chi connectivity index (χ0n) is 18.2. The van der Waals surface area contributed by atoms with Crippen molar-refractivity contribution in [1.29, 1.82) is 0 Å². The molecule has 1 aliphatic heterocycles. The highest BCUT2D eigenvalue weighted by molar-refractivity contribution is 7.90. The summed E-state index contributed by atoms with van der Waals surface area (Å²) >= 11 is 0. The molecule has 1 saturated carbocycles. The normalized spacial score (nSPS) is 21.4. The lowest BCUT2D eigenvalue weighted by Crippen LogP contribution is -2.43. The first kappa shape index (κ1) is 21.3. The fourth-order valence-electron chi connectivity index (χ4n) is 4.87. The third-order valence-electron chi connectivity index (χ3n) is 6.74. The fourth-order valence-corrected chi connectivity index (χ4v) is 5.47. The second-order valence-electron chi connectivity index (χ2n) is 9.28. The fraction of sp³-hybridized carbons (Fsp3) is 0.478. The van der Waals surface area contributed by atoms with Crippen LogP contribution in [-0.4, -0.2) is 59.5 Å². The molecule has 9 heteroatoms. The molecule has 2 N–H and O–H groups in total. The zero-order valence-corrected chi connectivity index (χ0v) is 19.0. The summed E-state index contributed by atoms with van der Waals surface area (Å²) in [5.74, 6) is 0.628. The van der Waals surface area contributed by atoms with Crippen molar-refractivity contribution in [1.82, 2.24) is 19.4 Å². The maximum absolute atomic E-state index is 14.5. The van der Waals surface area contributed by atoms with Crippen molar-refractivity contribution in [2.75, 3.05) is 37.4 Å². The summed E-state index contributed by atoms with van der Waals surface area (Å²) in [4.78, 5) is 11.2. The van der Waals surface area contributed by atoms with Gasteiger partial charge in [-0.2, -0.15) is 0 Å². The topological polar surface area (TPSA) is 94.1 Å². The van der Waals surface area contributed by atoms with Crippen LogP contribution in [0.4, 0.5) is 10.2 Å². The number of nitrogens with zero attached hydrogens (tertiary/aromatic N) is 4. The average molecular weight is 458 g/mol. The number of hydrogen-bond donors (Lipinski definition) is 1. The summed E-state index contributed by atoms with van der Waals surface area (Å²) in [5, 5.41) is 0.721. The quantitative estimate of drug-likeness (QED) is 0.586. The Morgan fingerprint density at radius 3 is 2.66 bits per heavy atom. The molecule has 0 bridgehead atoms. The first-order valence-electron chi connectivity index (χ1n) is 11.1. The van der Waals surface area contributed by atoms with Crippen LogP contribution in [-0.2, 0) is 16.3 Å². The maximum Gasteiger partial charge on any atom is 0.147 e. The Hall–Kier alpha value is -2.52. The molecule has 2 aliphatic rings. The van der Waals surface area contributed by atoms with Crippen LogP contribution in [0.15, 0.2) is 30.7 Å². The van der Waals surface area contributed by atoms with Gasteiger partial charge in [-0.05, 0) is 68.0 Å². The highest BCUT2D eigenvalue weighted by Crippen LogP contribution is 2.43. The third kappa shape index (κ3) is 4.23. The van der Waals surface area contributed by atoms with Crippen LogP contribution in [0, 0.1) is 11.7 Å². The number of benzene rings is 1. The van der Waals surface area contributed by atoms with E-state index < -0.39 is 15.7 Å². The predicted octanol–water partition coefficient (Wildman–Crippen LogP) is 3.06. The SMILES string of the molecule is CS(=O)(=O)CCc1cc(F)cc(-c2cn(C3CC(CN4CCC4)C3)c3ncnc(N)c23)c1. The number of halogens is 1. The molecule has 0 amide bonds. The second-order valence-corrected chi connectivity index (χ2v) is 11.5. The molecule has 0 atom stereocenters. The third-order valence-corrected chi connectivity index (χ3v) is 7.68. The van der Waals surface area contributed by atoms with E-state index in [1.54, 1.807) is 0 Å². The van der Waals surface area contributed by atoms with Gasteiger partial charge in [0.05, 0.1) is 11.1 Å². The highest BCUT2D eigenvalue weighted by atomic mass is 32.2. The maximum atomic E-state index is 14.5. The van der Waals surface area contributed by atoms with E-state index in [1.807, 2.05) is 12.3 Å². The molecule has 3 aromatic rings. The van der Waals surface area contributed by atoms with Crippen molar-refractivity contribution in [2.45, 2.75) is 31.7 Å². The van der Waals surface area contributed by atoms with Crippen molar-refractivity contribution < 1.29 is 12.8 Å². The van der Waals surface area contributed by atoms with Gasteiger partial charge in [0.2, 0.25) is 0 Å². The van der Waals surface area contributed by atoms with Crippen LogP contribution < -0.4 is 5.73 Å². The first-order valence-corrected chi connectivity index (χ1v) is 13.1. The minimum Gasteiger partial charge on any atom is -0.383 e. The number of nitrogen functional groups attached to an aromatic ring is 1. The predicted molar refractivity (Wildman–Crippen MR) is 124 cm³/mol. The van der Waals surface area contributed by atoms with Crippen molar-refractivity contribution in [3.05, 3.63) is 42.1 Å².